The van der Waals surface area contributed by atoms with E-state index in [0.29, 0.717) is 26.9 Å². The van der Waals surface area contributed by atoms with Crippen molar-refractivity contribution in [1.82, 2.24) is 15.8 Å². The quantitative estimate of drug-likeness (QED) is 0.657. The summed E-state index contributed by atoms with van der Waals surface area (Å²) in [4.78, 5) is 29.1. The summed E-state index contributed by atoms with van der Waals surface area (Å²) in [6.07, 6.45) is 1.42. The highest BCUT2D eigenvalue weighted by atomic mass is 32.1. The predicted molar refractivity (Wildman–Crippen MR) is 101 cm³/mol. The number of carbonyl (C=O) groups is 2. The van der Waals surface area contributed by atoms with Gasteiger partial charge in [-0.3, -0.25) is 20.4 Å². The lowest BCUT2D eigenvalue weighted by molar-refractivity contribution is 0.0847. The van der Waals surface area contributed by atoms with E-state index in [1.54, 1.807) is 13.8 Å². The number of amides is 2. The number of nitrogens with one attached hydrogen (secondary N) is 2. The molecule has 8 heteroatoms. The van der Waals surface area contributed by atoms with Crippen LogP contribution in [-0.4, -0.2) is 16.8 Å². The van der Waals surface area contributed by atoms with Gasteiger partial charge in [0.15, 0.2) is 0 Å². The smallest absolute Gasteiger partial charge is 0.281 e. The molecule has 27 heavy (non-hydrogen) atoms. The van der Waals surface area contributed by atoms with E-state index in [4.69, 9.17) is 9.15 Å². The van der Waals surface area contributed by atoms with E-state index < -0.39 is 11.8 Å². The summed E-state index contributed by atoms with van der Waals surface area (Å²) < 4.78 is 10.8. The first-order chi connectivity index (χ1) is 12.9. The lowest BCUT2D eigenvalue weighted by Gasteiger charge is -2.05. The summed E-state index contributed by atoms with van der Waals surface area (Å²) in [5, 5.41) is 0.676. The molecule has 2 heterocycles. The van der Waals surface area contributed by atoms with Crippen LogP contribution < -0.4 is 15.6 Å². The summed E-state index contributed by atoms with van der Waals surface area (Å²) >= 11 is 1.22. The number of nitrogens with zero attached hydrogens (tertiary/aromatic N) is 1. The molecule has 3 rings (SSSR count). The molecule has 0 bridgehead atoms. The first-order valence-corrected chi connectivity index (χ1v) is 9.06. The molecule has 0 aliphatic heterocycles. The van der Waals surface area contributed by atoms with Crippen molar-refractivity contribution >= 4 is 23.2 Å². The number of ether oxygens (including phenoxy) is 1. The van der Waals surface area contributed by atoms with Crippen molar-refractivity contribution in [3.05, 3.63) is 69.1 Å². The summed E-state index contributed by atoms with van der Waals surface area (Å²) in [6, 6.07) is 9.24. The zero-order chi connectivity index (χ0) is 19.4. The fourth-order valence-corrected chi connectivity index (χ4v) is 3.24. The minimum absolute atomic E-state index is 0.266. The van der Waals surface area contributed by atoms with Crippen LogP contribution >= 0.6 is 11.3 Å². The van der Waals surface area contributed by atoms with Crippen LogP contribution in [0.25, 0.3) is 0 Å². The lowest BCUT2D eigenvalue weighted by atomic mass is 10.2. The number of benzene rings is 1. The van der Waals surface area contributed by atoms with Crippen LogP contribution in [-0.2, 0) is 6.61 Å². The van der Waals surface area contributed by atoms with E-state index in [1.165, 1.54) is 23.7 Å². The molecule has 0 fully saturated rings. The molecular weight excluding hydrogens is 366 g/mol. The van der Waals surface area contributed by atoms with Crippen molar-refractivity contribution < 1.29 is 18.7 Å². The normalized spacial score (nSPS) is 10.5. The van der Waals surface area contributed by atoms with Crippen LogP contribution in [0.5, 0.6) is 5.75 Å². The maximum Gasteiger partial charge on any atom is 0.281 e. The Morgan fingerprint density at radius 1 is 1.07 bits per heavy atom. The Hall–Kier alpha value is -3.13. The third kappa shape index (κ3) is 4.53. The van der Waals surface area contributed by atoms with Gasteiger partial charge < -0.3 is 9.15 Å². The Balaban J connectivity index is 1.58. The fourth-order valence-electron chi connectivity index (χ4n) is 2.36. The van der Waals surface area contributed by atoms with Crippen molar-refractivity contribution in [3.8, 4) is 5.75 Å². The van der Waals surface area contributed by atoms with Gasteiger partial charge in [-0.15, -0.1) is 11.3 Å². The number of hydrazine groups is 1. The van der Waals surface area contributed by atoms with Gasteiger partial charge in [0.2, 0.25) is 0 Å². The molecule has 0 aliphatic rings. The van der Waals surface area contributed by atoms with Gasteiger partial charge in [0.05, 0.1) is 17.5 Å². The average Bonchev–Trinajstić information content (AvgIpc) is 3.24. The van der Waals surface area contributed by atoms with Crippen molar-refractivity contribution in [2.24, 2.45) is 0 Å². The lowest BCUT2D eigenvalue weighted by Crippen LogP contribution is -2.41. The van der Waals surface area contributed by atoms with Crippen LogP contribution in [0.1, 0.15) is 42.1 Å². The van der Waals surface area contributed by atoms with Crippen LogP contribution in [0.15, 0.2) is 41.0 Å². The Morgan fingerprint density at radius 2 is 1.78 bits per heavy atom. The van der Waals surface area contributed by atoms with Gasteiger partial charge in [0.25, 0.3) is 11.8 Å². The number of aromatic nitrogens is 1. The summed E-state index contributed by atoms with van der Waals surface area (Å²) in [7, 11) is 0. The summed E-state index contributed by atoms with van der Waals surface area (Å²) in [5.41, 5.74) is 6.86. The fraction of sp³-hybridized carbons (Fsp3) is 0.211. The molecule has 0 saturated heterocycles. The second kappa shape index (κ2) is 8.05. The molecule has 140 valence electrons. The van der Waals surface area contributed by atoms with E-state index in [2.05, 4.69) is 15.8 Å². The molecule has 0 unspecified atom stereocenters. The highest BCUT2D eigenvalue weighted by Gasteiger charge is 2.17. The molecule has 1 aromatic carbocycles. The summed E-state index contributed by atoms with van der Waals surface area (Å²) in [5.74, 6) is 0.342. The van der Waals surface area contributed by atoms with Gasteiger partial charge in [0.1, 0.15) is 28.0 Å². The third-order valence-corrected chi connectivity index (χ3v) is 4.95. The number of hydrogen-bond acceptors (Lipinski definition) is 6. The average molecular weight is 385 g/mol. The first kappa shape index (κ1) is 18.7. The van der Waals surface area contributed by atoms with Gasteiger partial charge in [0, 0.05) is 0 Å². The Bertz CT molecular complexity index is 960. The SMILES string of the molecule is Cc1ccc(OCc2nc(C)c(C(=O)NNC(=O)c3ccoc3C)s2)cc1. The predicted octanol–water partition coefficient (Wildman–Crippen LogP) is 3.32. The Morgan fingerprint density at radius 3 is 2.44 bits per heavy atom. The number of aryl methyl sites for hydroxylation is 3. The minimum atomic E-state index is -0.445. The second-order valence-corrected chi connectivity index (χ2v) is 7.01. The molecule has 2 amide bonds. The Labute approximate surface area is 160 Å². The third-order valence-electron chi connectivity index (χ3n) is 3.82. The van der Waals surface area contributed by atoms with Gasteiger partial charge >= 0.3 is 0 Å². The summed E-state index contributed by atoms with van der Waals surface area (Å²) in [6.45, 7) is 5.68. The zero-order valence-electron chi connectivity index (χ0n) is 15.2. The molecule has 2 aromatic heterocycles. The van der Waals surface area contributed by atoms with Crippen molar-refractivity contribution in [1.29, 1.82) is 0 Å². The number of rotatable bonds is 5. The molecule has 0 spiro atoms. The van der Waals surface area contributed by atoms with Crippen LogP contribution in [0.3, 0.4) is 0 Å². The first-order valence-electron chi connectivity index (χ1n) is 8.24. The van der Waals surface area contributed by atoms with Gasteiger partial charge in [-0.2, -0.15) is 0 Å². The van der Waals surface area contributed by atoms with Crippen molar-refractivity contribution in [3.63, 3.8) is 0 Å². The largest absolute Gasteiger partial charge is 0.486 e. The maximum absolute atomic E-state index is 12.3. The molecule has 2 N–H and O–H groups in total. The molecule has 0 radical (unpaired) electrons. The molecular formula is C19H19N3O4S. The number of hydrogen-bond donors (Lipinski definition) is 2. The molecule has 7 nitrogen and oxygen atoms in total. The molecule has 3 aromatic rings. The van der Waals surface area contributed by atoms with Crippen molar-refractivity contribution in [2.75, 3.05) is 0 Å². The Kier molecular flexibility index (Phi) is 5.56. The van der Waals surface area contributed by atoms with Gasteiger partial charge in [-0.25, -0.2) is 4.98 Å². The van der Waals surface area contributed by atoms with E-state index in [9.17, 15) is 9.59 Å². The maximum atomic E-state index is 12.3. The number of carbonyl (C=O) groups excluding carboxylic acids is 2. The highest BCUT2D eigenvalue weighted by molar-refractivity contribution is 7.13. The van der Waals surface area contributed by atoms with Gasteiger partial charge in [-0.1, -0.05) is 17.7 Å². The van der Waals surface area contributed by atoms with Gasteiger partial charge in [-0.05, 0) is 39.0 Å². The van der Waals surface area contributed by atoms with Crippen molar-refractivity contribution in [2.45, 2.75) is 27.4 Å². The van der Waals surface area contributed by atoms with Crippen LogP contribution in [0, 0.1) is 20.8 Å². The number of thiazole rings is 1. The van der Waals surface area contributed by atoms with Crippen LogP contribution in [0.4, 0.5) is 0 Å². The minimum Gasteiger partial charge on any atom is -0.486 e. The topological polar surface area (TPSA) is 93.5 Å². The standard InChI is InChI=1S/C19H19N3O4S/c1-11-4-6-14(7-5-11)26-10-16-20-12(2)17(27-16)19(24)22-21-18(23)15-8-9-25-13(15)3/h4-9H,10H2,1-3H3,(H,21,23)(H,22,24). The van der Waals surface area contributed by atoms with E-state index in [-0.39, 0.29) is 6.61 Å². The van der Waals surface area contributed by atoms with E-state index in [0.717, 1.165) is 11.3 Å². The van der Waals surface area contributed by atoms with E-state index >= 15 is 0 Å². The zero-order valence-corrected chi connectivity index (χ0v) is 16.0. The molecule has 0 saturated carbocycles. The molecule has 0 atom stereocenters. The van der Waals surface area contributed by atoms with E-state index in [1.807, 2.05) is 31.2 Å². The second-order valence-electron chi connectivity index (χ2n) is 5.92. The number of furan rings is 1. The monoisotopic (exact) mass is 385 g/mol. The molecule has 0 aliphatic carbocycles. The highest BCUT2D eigenvalue weighted by Crippen LogP contribution is 2.20. The van der Waals surface area contributed by atoms with Crippen LogP contribution in [0.2, 0.25) is 0 Å².